The van der Waals surface area contributed by atoms with Crippen molar-refractivity contribution in [3.05, 3.63) is 64.6 Å². The Balaban J connectivity index is 1.36. The standard InChI is InChI=1S/C23H23N3O5/c27-21(13-26-18-4-2-1-3-17(18)24-12-22(26)28)25-14-23(7-9-29-10-8-23)16-5-6-19-20(11-16)31-15-30-19/h1-6,11-12H,7-10,13-15H2,(H,25,27). The van der Waals surface area contributed by atoms with Gasteiger partial charge in [0.25, 0.3) is 5.56 Å². The van der Waals surface area contributed by atoms with E-state index in [1.807, 2.05) is 36.4 Å². The van der Waals surface area contributed by atoms with E-state index < -0.39 is 0 Å². The first kappa shape index (κ1) is 19.6. The number of nitrogens with one attached hydrogen (secondary N) is 1. The third kappa shape index (κ3) is 3.74. The number of hydrogen-bond acceptors (Lipinski definition) is 6. The van der Waals surface area contributed by atoms with Gasteiger partial charge in [-0.2, -0.15) is 0 Å². The van der Waals surface area contributed by atoms with E-state index in [0.717, 1.165) is 29.9 Å². The lowest BCUT2D eigenvalue weighted by atomic mass is 9.74. The second kappa shape index (κ2) is 8.03. The van der Waals surface area contributed by atoms with Crippen molar-refractivity contribution in [1.82, 2.24) is 14.9 Å². The number of carbonyl (C=O) groups is 1. The SMILES string of the molecule is O=C(Cn1c(=O)cnc2ccccc21)NCC1(c2ccc3c(c2)OCO3)CCOCC1. The Hall–Kier alpha value is -3.39. The highest BCUT2D eigenvalue weighted by Gasteiger charge is 2.36. The molecule has 8 heteroatoms. The normalized spacial score (nSPS) is 16.9. The van der Waals surface area contributed by atoms with Crippen LogP contribution >= 0.6 is 0 Å². The molecule has 1 N–H and O–H groups in total. The van der Waals surface area contributed by atoms with Crippen LogP contribution in [0.1, 0.15) is 18.4 Å². The molecule has 1 fully saturated rings. The fourth-order valence-electron chi connectivity index (χ4n) is 4.30. The van der Waals surface area contributed by atoms with Gasteiger partial charge in [-0.05, 0) is 42.7 Å². The van der Waals surface area contributed by atoms with E-state index >= 15 is 0 Å². The minimum Gasteiger partial charge on any atom is -0.454 e. The van der Waals surface area contributed by atoms with Crippen LogP contribution in [0.2, 0.25) is 0 Å². The van der Waals surface area contributed by atoms with Gasteiger partial charge >= 0.3 is 0 Å². The summed E-state index contributed by atoms with van der Waals surface area (Å²) in [6, 6.07) is 13.2. The van der Waals surface area contributed by atoms with Crippen LogP contribution in [0.3, 0.4) is 0 Å². The molecule has 0 atom stereocenters. The van der Waals surface area contributed by atoms with Crippen LogP contribution in [0.25, 0.3) is 11.0 Å². The molecule has 1 aromatic heterocycles. The molecule has 0 aliphatic carbocycles. The summed E-state index contributed by atoms with van der Waals surface area (Å²) in [4.78, 5) is 29.3. The third-order valence-electron chi connectivity index (χ3n) is 6.11. The van der Waals surface area contributed by atoms with Gasteiger partial charge in [0.15, 0.2) is 11.5 Å². The van der Waals surface area contributed by atoms with Gasteiger partial charge in [-0.15, -0.1) is 0 Å². The van der Waals surface area contributed by atoms with Crippen LogP contribution in [-0.4, -0.2) is 42.0 Å². The second-order valence-electron chi connectivity index (χ2n) is 7.91. The Morgan fingerprint density at radius 1 is 1.10 bits per heavy atom. The minimum absolute atomic E-state index is 0.0599. The number of para-hydroxylation sites is 2. The Labute approximate surface area is 178 Å². The molecule has 0 spiro atoms. The molecule has 3 aromatic rings. The van der Waals surface area contributed by atoms with Crippen LogP contribution in [0.5, 0.6) is 11.5 Å². The molecule has 1 amide bonds. The number of rotatable bonds is 5. The number of ether oxygens (including phenoxy) is 3. The number of amides is 1. The molecule has 31 heavy (non-hydrogen) atoms. The number of fused-ring (bicyclic) bond motifs is 2. The fraction of sp³-hybridized carbons (Fsp3) is 0.348. The molecule has 0 saturated carbocycles. The van der Waals surface area contributed by atoms with E-state index in [0.29, 0.717) is 30.8 Å². The van der Waals surface area contributed by atoms with Crippen LogP contribution in [0, 0.1) is 0 Å². The Bertz CT molecular complexity index is 1180. The second-order valence-corrected chi connectivity index (χ2v) is 7.91. The molecule has 2 aliphatic heterocycles. The predicted molar refractivity (Wildman–Crippen MR) is 113 cm³/mol. The predicted octanol–water partition coefficient (Wildman–Crippen LogP) is 1.99. The highest BCUT2D eigenvalue weighted by Crippen LogP contribution is 2.40. The van der Waals surface area contributed by atoms with Crippen LogP contribution in [-0.2, 0) is 21.5 Å². The number of carbonyl (C=O) groups excluding carboxylic acids is 1. The van der Waals surface area contributed by atoms with E-state index in [1.54, 1.807) is 6.07 Å². The molecule has 0 unspecified atom stereocenters. The highest BCUT2D eigenvalue weighted by atomic mass is 16.7. The van der Waals surface area contributed by atoms with Gasteiger partial charge in [-0.1, -0.05) is 18.2 Å². The lowest BCUT2D eigenvalue weighted by Crippen LogP contribution is -2.45. The summed E-state index contributed by atoms with van der Waals surface area (Å²) >= 11 is 0. The van der Waals surface area contributed by atoms with Crippen LogP contribution in [0.4, 0.5) is 0 Å². The van der Waals surface area contributed by atoms with Gasteiger partial charge in [0.1, 0.15) is 6.54 Å². The monoisotopic (exact) mass is 421 g/mol. The third-order valence-corrected chi connectivity index (χ3v) is 6.11. The van der Waals surface area contributed by atoms with Crippen molar-refractivity contribution in [2.45, 2.75) is 24.8 Å². The maximum atomic E-state index is 12.8. The zero-order valence-corrected chi connectivity index (χ0v) is 17.0. The van der Waals surface area contributed by atoms with Gasteiger partial charge in [0.05, 0.1) is 17.2 Å². The van der Waals surface area contributed by atoms with E-state index in [1.165, 1.54) is 10.8 Å². The lowest BCUT2D eigenvalue weighted by molar-refractivity contribution is -0.122. The van der Waals surface area contributed by atoms with Crippen LogP contribution in [0.15, 0.2) is 53.5 Å². The van der Waals surface area contributed by atoms with Crippen molar-refractivity contribution in [1.29, 1.82) is 0 Å². The van der Waals surface area contributed by atoms with Gasteiger partial charge in [0.2, 0.25) is 12.7 Å². The highest BCUT2D eigenvalue weighted by molar-refractivity contribution is 5.80. The summed E-state index contributed by atoms with van der Waals surface area (Å²) in [6.45, 7) is 1.86. The molecule has 1 saturated heterocycles. The molecule has 2 aliphatic rings. The molecule has 5 rings (SSSR count). The first-order valence-corrected chi connectivity index (χ1v) is 10.3. The Morgan fingerprint density at radius 2 is 1.90 bits per heavy atom. The van der Waals surface area contributed by atoms with Gasteiger partial charge in [-0.25, -0.2) is 4.98 Å². The van der Waals surface area contributed by atoms with Crippen molar-refractivity contribution in [3.63, 3.8) is 0 Å². The lowest BCUT2D eigenvalue weighted by Gasteiger charge is -2.38. The first-order chi connectivity index (χ1) is 15.1. The summed E-state index contributed by atoms with van der Waals surface area (Å²) in [6.07, 6.45) is 2.82. The number of nitrogens with zero attached hydrogens (tertiary/aromatic N) is 2. The Kier molecular flexibility index (Phi) is 5.07. The fourth-order valence-corrected chi connectivity index (χ4v) is 4.30. The molecular formula is C23H23N3O5. The molecule has 2 aromatic carbocycles. The minimum atomic E-state index is -0.301. The average Bonchev–Trinajstić information content (AvgIpc) is 3.28. The van der Waals surface area contributed by atoms with E-state index in [9.17, 15) is 9.59 Å². The van der Waals surface area contributed by atoms with Gasteiger partial charge < -0.3 is 19.5 Å². The zero-order valence-electron chi connectivity index (χ0n) is 17.0. The van der Waals surface area contributed by atoms with E-state index in [-0.39, 0.29) is 30.2 Å². The summed E-state index contributed by atoms with van der Waals surface area (Å²) in [7, 11) is 0. The first-order valence-electron chi connectivity index (χ1n) is 10.3. The number of hydrogen-bond donors (Lipinski definition) is 1. The topological polar surface area (TPSA) is 91.7 Å². The zero-order chi connectivity index (χ0) is 21.3. The maximum Gasteiger partial charge on any atom is 0.269 e. The average molecular weight is 421 g/mol. The summed E-state index contributed by atoms with van der Waals surface area (Å²) in [5.74, 6) is 1.24. The van der Waals surface area contributed by atoms with Crippen molar-refractivity contribution in [2.24, 2.45) is 0 Å². The van der Waals surface area contributed by atoms with Crippen molar-refractivity contribution in [3.8, 4) is 11.5 Å². The Morgan fingerprint density at radius 3 is 2.77 bits per heavy atom. The van der Waals surface area contributed by atoms with Crippen molar-refractivity contribution < 1.29 is 19.0 Å². The largest absolute Gasteiger partial charge is 0.454 e. The number of benzene rings is 2. The molecule has 3 heterocycles. The molecular weight excluding hydrogens is 398 g/mol. The van der Waals surface area contributed by atoms with E-state index in [4.69, 9.17) is 14.2 Å². The maximum absolute atomic E-state index is 12.8. The molecule has 0 bridgehead atoms. The molecule has 160 valence electrons. The van der Waals surface area contributed by atoms with Crippen molar-refractivity contribution >= 4 is 16.9 Å². The number of aromatic nitrogens is 2. The van der Waals surface area contributed by atoms with Crippen molar-refractivity contribution in [2.75, 3.05) is 26.6 Å². The molecule has 8 nitrogen and oxygen atoms in total. The quantitative estimate of drug-likeness (QED) is 0.678. The molecule has 0 radical (unpaired) electrons. The summed E-state index contributed by atoms with van der Waals surface area (Å²) in [5, 5.41) is 3.05. The summed E-state index contributed by atoms with van der Waals surface area (Å²) in [5.41, 5.74) is 1.84. The van der Waals surface area contributed by atoms with Crippen LogP contribution < -0.4 is 20.3 Å². The van der Waals surface area contributed by atoms with Gasteiger partial charge in [0, 0.05) is 25.2 Å². The van der Waals surface area contributed by atoms with Gasteiger partial charge in [-0.3, -0.25) is 14.2 Å². The summed E-state index contributed by atoms with van der Waals surface area (Å²) < 4.78 is 18.0. The smallest absolute Gasteiger partial charge is 0.269 e. The van der Waals surface area contributed by atoms with E-state index in [2.05, 4.69) is 10.3 Å².